The Morgan fingerprint density at radius 1 is 1.73 bits per heavy atom. The first-order valence-electron chi connectivity index (χ1n) is 4.12. The Morgan fingerprint density at radius 2 is 2.45 bits per heavy atom. The highest BCUT2D eigenvalue weighted by Gasteiger charge is 2.25. The zero-order valence-electron chi connectivity index (χ0n) is 7.17. The van der Waals surface area contributed by atoms with Crippen LogP contribution in [0.5, 0.6) is 0 Å². The molecule has 0 aliphatic carbocycles. The van der Waals surface area contributed by atoms with E-state index in [0.29, 0.717) is 11.3 Å². The lowest BCUT2D eigenvalue weighted by molar-refractivity contribution is -0.133. The standard InChI is InChI=1S/C8H15NOS/c1-3-9-7(10)5-4-6-8(9)11-2/h8H,3-6H2,1-2H3. The lowest BCUT2D eigenvalue weighted by atomic mass is 10.1. The van der Waals surface area contributed by atoms with Gasteiger partial charge in [0.05, 0.1) is 5.37 Å². The van der Waals surface area contributed by atoms with E-state index in [-0.39, 0.29) is 0 Å². The Kier molecular flexibility index (Phi) is 3.24. The summed E-state index contributed by atoms with van der Waals surface area (Å²) in [6, 6.07) is 0. The van der Waals surface area contributed by atoms with E-state index in [1.165, 1.54) is 6.42 Å². The zero-order valence-corrected chi connectivity index (χ0v) is 7.99. The van der Waals surface area contributed by atoms with E-state index in [9.17, 15) is 4.79 Å². The van der Waals surface area contributed by atoms with Gasteiger partial charge in [0.15, 0.2) is 0 Å². The van der Waals surface area contributed by atoms with Crippen molar-refractivity contribution in [2.24, 2.45) is 0 Å². The summed E-state index contributed by atoms with van der Waals surface area (Å²) in [6.45, 7) is 2.91. The lowest BCUT2D eigenvalue weighted by Gasteiger charge is -2.33. The zero-order chi connectivity index (χ0) is 8.27. The molecule has 0 aromatic carbocycles. The fraction of sp³-hybridized carbons (Fsp3) is 0.875. The summed E-state index contributed by atoms with van der Waals surface area (Å²) in [5.74, 6) is 0.332. The van der Waals surface area contributed by atoms with Crippen molar-refractivity contribution in [3.63, 3.8) is 0 Å². The molecule has 1 atom stereocenters. The Hall–Kier alpha value is -0.180. The molecule has 2 nitrogen and oxygen atoms in total. The number of hydrogen-bond acceptors (Lipinski definition) is 2. The molecule has 64 valence electrons. The minimum absolute atomic E-state index is 0.332. The molecule has 1 rings (SSSR count). The molecule has 1 fully saturated rings. The van der Waals surface area contributed by atoms with Crippen molar-refractivity contribution < 1.29 is 4.79 Å². The first-order chi connectivity index (χ1) is 5.29. The Labute approximate surface area is 72.3 Å². The van der Waals surface area contributed by atoms with Crippen LogP contribution >= 0.6 is 11.8 Å². The van der Waals surface area contributed by atoms with Crippen molar-refractivity contribution >= 4 is 17.7 Å². The molecule has 0 aromatic rings. The molecule has 11 heavy (non-hydrogen) atoms. The molecule has 0 bridgehead atoms. The molecule has 0 radical (unpaired) electrons. The van der Waals surface area contributed by atoms with E-state index in [4.69, 9.17) is 0 Å². The highest BCUT2D eigenvalue weighted by Crippen LogP contribution is 2.24. The van der Waals surface area contributed by atoms with Gasteiger partial charge in [0, 0.05) is 13.0 Å². The van der Waals surface area contributed by atoms with Crippen molar-refractivity contribution in [3.8, 4) is 0 Å². The summed E-state index contributed by atoms with van der Waals surface area (Å²) in [5.41, 5.74) is 0. The van der Waals surface area contributed by atoms with Crippen LogP contribution in [0.4, 0.5) is 0 Å². The third-order valence-electron chi connectivity index (χ3n) is 2.12. The van der Waals surface area contributed by atoms with Gasteiger partial charge in [-0.1, -0.05) is 0 Å². The molecule has 1 aliphatic rings. The number of carbonyl (C=O) groups is 1. The van der Waals surface area contributed by atoms with Crippen molar-refractivity contribution in [1.82, 2.24) is 4.90 Å². The summed E-state index contributed by atoms with van der Waals surface area (Å²) in [6.07, 6.45) is 5.07. The van der Waals surface area contributed by atoms with Crippen molar-refractivity contribution in [1.29, 1.82) is 0 Å². The second-order valence-corrected chi connectivity index (χ2v) is 3.78. The minimum Gasteiger partial charge on any atom is -0.331 e. The van der Waals surface area contributed by atoms with Crippen LogP contribution < -0.4 is 0 Å². The third-order valence-corrected chi connectivity index (χ3v) is 3.16. The fourth-order valence-electron chi connectivity index (χ4n) is 1.51. The average Bonchev–Trinajstić information content (AvgIpc) is 2.04. The number of hydrogen-bond donors (Lipinski definition) is 0. The maximum atomic E-state index is 11.3. The molecular weight excluding hydrogens is 158 g/mol. The number of nitrogens with zero attached hydrogens (tertiary/aromatic N) is 1. The predicted octanol–water partition coefficient (Wildman–Crippen LogP) is 1.71. The molecule has 1 aliphatic heterocycles. The van der Waals surface area contributed by atoms with Gasteiger partial charge in [-0.05, 0) is 26.0 Å². The van der Waals surface area contributed by atoms with Crippen LogP contribution in [-0.4, -0.2) is 29.0 Å². The van der Waals surface area contributed by atoms with E-state index in [2.05, 4.69) is 6.26 Å². The Morgan fingerprint density at radius 3 is 2.91 bits per heavy atom. The molecule has 1 saturated heterocycles. The highest BCUT2D eigenvalue weighted by atomic mass is 32.2. The van der Waals surface area contributed by atoms with Crippen LogP contribution in [-0.2, 0) is 4.79 Å². The van der Waals surface area contributed by atoms with Gasteiger partial charge in [0.25, 0.3) is 0 Å². The summed E-state index contributed by atoms with van der Waals surface area (Å²) < 4.78 is 0. The third kappa shape index (κ3) is 1.89. The average molecular weight is 173 g/mol. The quantitative estimate of drug-likeness (QED) is 0.633. The molecule has 0 N–H and O–H groups in total. The summed E-state index contributed by atoms with van der Waals surface area (Å²) in [7, 11) is 0. The van der Waals surface area contributed by atoms with Crippen molar-refractivity contribution in [2.75, 3.05) is 12.8 Å². The lowest BCUT2D eigenvalue weighted by Crippen LogP contribution is -2.41. The van der Waals surface area contributed by atoms with Gasteiger partial charge in [0.2, 0.25) is 5.91 Å². The Bertz CT molecular complexity index is 149. The predicted molar refractivity (Wildman–Crippen MR) is 48.5 cm³/mol. The highest BCUT2D eigenvalue weighted by molar-refractivity contribution is 7.99. The maximum absolute atomic E-state index is 11.3. The summed E-state index contributed by atoms with van der Waals surface area (Å²) in [4.78, 5) is 13.3. The molecule has 0 spiro atoms. The van der Waals surface area contributed by atoms with Gasteiger partial charge < -0.3 is 4.90 Å². The first-order valence-corrected chi connectivity index (χ1v) is 5.40. The monoisotopic (exact) mass is 173 g/mol. The van der Waals surface area contributed by atoms with E-state index >= 15 is 0 Å². The number of thioether (sulfide) groups is 1. The van der Waals surface area contributed by atoms with Crippen LogP contribution in [0.2, 0.25) is 0 Å². The molecule has 3 heteroatoms. The van der Waals surface area contributed by atoms with Crippen LogP contribution in [0.3, 0.4) is 0 Å². The normalized spacial score (nSPS) is 25.8. The second kappa shape index (κ2) is 4.00. The van der Waals surface area contributed by atoms with Gasteiger partial charge in [0.1, 0.15) is 0 Å². The Balaban J connectivity index is 2.56. The number of rotatable bonds is 2. The smallest absolute Gasteiger partial charge is 0.223 e. The van der Waals surface area contributed by atoms with Crippen molar-refractivity contribution in [3.05, 3.63) is 0 Å². The van der Waals surface area contributed by atoms with Gasteiger partial charge in [-0.25, -0.2) is 0 Å². The second-order valence-electron chi connectivity index (χ2n) is 2.76. The van der Waals surface area contributed by atoms with Crippen LogP contribution in [0.1, 0.15) is 26.2 Å². The molecule has 1 amide bonds. The number of carbonyl (C=O) groups excluding carboxylic acids is 1. The molecule has 1 unspecified atom stereocenters. The molecule has 0 saturated carbocycles. The molecular formula is C8H15NOS. The van der Waals surface area contributed by atoms with Gasteiger partial charge in [-0.3, -0.25) is 4.79 Å². The van der Waals surface area contributed by atoms with Gasteiger partial charge in [-0.15, -0.1) is 11.8 Å². The number of piperidine rings is 1. The summed E-state index contributed by atoms with van der Waals surface area (Å²) >= 11 is 1.79. The molecule has 1 heterocycles. The van der Waals surface area contributed by atoms with E-state index in [1.807, 2.05) is 11.8 Å². The van der Waals surface area contributed by atoms with Gasteiger partial charge in [-0.2, -0.15) is 0 Å². The topological polar surface area (TPSA) is 20.3 Å². The minimum atomic E-state index is 0.332. The number of amides is 1. The fourth-order valence-corrected chi connectivity index (χ4v) is 2.44. The summed E-state index contributed by atoms with van der Waals surface area (Å²) in [5, 5.41) is 0.446. The van der Waals surface area contributed by atoms with Crippen LogP contribution in [0.25, 0.3) is 0 Å². The van der Waals surface area contributed by atoms with Gasteiger partial charge >= 0.3 is 0 Å². The van der Waals surface area contributed by atoms with E-state index < -0.39 is 0 Å². The van der Waals surface area contributed by atoms with E-state index in [1.54, 1.807) is 11.8 Å². The van der Waals surface area contributed by atoms with Crippen LogP contribution in [0.15, 0.2) is 0 Å². The first kappa shape index (κ1) is 8.91. The SMILES string of the molecule is CCN1C(=O)CCCC1SC. The maximum Gasteiger partial charge on any atom is 0.223 e. The largest absolute Gasteiger partial charge is 0.331 e. The van der Waals surface area contributed by atoms with Crippen LogP contribution in [0, 0.1) is 0 Å². The van der Waals surface area contributed by atoms with Crippen molar-refractivity contribution in [2.45, 2.75) is 31.6 Å². The van der Waals surface area contributed by atoms with E-state index in [0.717, 1.165) is 19.4 Å². The molecule has 0 aromatic heterocycles. The number of likely N-dealkylation sites (tertiary alicyclic amines) is 1.